The SMILES string of the molecule is CNc1ncnc(Sc2nc(N)cc(N)n2)c1C(C)C. The molecule has 0 fully saturated rings. The second-order valence-corrected chi connectivity index (χ2v) is 5.40. The minimum absolute atomic E-state index is 0.263. The van der Waals surface area contributed by atoms with Gasteiger partial charge in [0.1, 0.15) is 28.8 Å². The van der Waals surface area contributed by atoms with Gasteiger partial charge in [-0.2, -0.15) is 0 Å². The van der Waals surface area contributed by atoms with E-state index in [2.05, 4.69) is 39.1 Å². The van der Waals surface area contributed by atoms with Crippen molar-refractivity contribution < 1.29 is 0 Å². The normalized spacial score (nSPS) is 10.8. The molecule has 0 bridgehead atoms. The third-order valence-corrected chi connectivity index (χ3v) is 3.48. The number of hydrogen-bond acceptors (Lipinski definition) is 8. The van der Waals surface area contributed by atoms with Crippen molar-refractivity contribution in [3.8, 4) is 0 Å². The zero-order valence-corrected chi connectivity index (χ0v) is 12.4. The van der Waals surface area contributed by atoms with Crippen molar-refractivity contribution in [1.29, 1.82) is 0 Å². The fourth-order valence-corrected chi connectivity index (χ4v) is 2.79. The van der Waals surface area contributed by atoms with Crippen LogP contribution in [-0.4, -0.2) is 27.0 Å². The van der Waals surface area contributed by atoms with E-state index in [9.17, 15) is 0 Å². The Kier molecular flexibility index (Phi) is 4.23. The van der Waals surface area contributed by atoms with Crippen LogP contribution in [0.25, 0.3) is 0 Å². The smallest absolute Gasteiger partial charge is 0.197 e. The predicted octanol–water partition coefficient (Wildman–Crippen LogP) is 1.75. The van der Waals surface area contributed by atoms with Gasteiger partial charge in [0.15, 0.2) is 5.16 Å². The van der Waals surface area contributed by atoms with Gasteiger partial charge in [-0.3, -0.25) is 0 Å². The van der Waals surface area contributed by atoms with Crippen molar-refractivity contribution in [3.63, 3.8) is 0 Å². The van der Waals surface area contributed by atoms with Gasteiger partial charge in [-0.15, -0.1) is 0 Å². The molecule has 106 valence electrons. The maximum absolute atomic E-state index is 5.68. The molecule has 2 aromatic rings. The average molecular weight is 291 g/mol. The molecule has 0 aliphatic heterocycles. The van der Waals surface area contributed by atoms with Gasteiger partial charge in [-0.1, -0.05) is 13.8 Å². The van der Waals surface area contributed by atoms with E-state index in [1.165, 1.54) is 24.2 Å². The van der Waals surface area contributed by atoms with Crippen LogP contribution in [0.3, 0.4) is 0 Å². The van der Waals surface area contributed by atoms with Gasteiger partial charge >= 0.3 is 0 Å². The van der Waals surface area contributed by atoms with Crippen LogP contribution in [0.4, 0.5) is 17.5 Å². The van der Waals surface area contributed by atoms with Crippen molar-refractivity contribution >= 4 is 29.2 Å². The molecule has 0 spiro atoms. The number of aromatic nitrogens is 4. The summed E-state index contributed by atoms with van der Waals surface area (Å²) in [6.45, 7) is 4.16. The quantitative estimate of drug-likeness (QED) is 0.576. The van der Waals surface area contributed by atoms with Crippen LogP contribution in [0.1, 0.15) is 25.3 Å². The first-order chi connectivity index (χ1) is 9.51. The Morgan fingerprint density at radius 1 is 1.15 bits per heavy atom. The lowest BCUT2D eigenvalue weighted by atomic mass is 10.1. The predicted molar refractivity (Wildman–Crippen MR) is 80.6 cm³/mol. The van der Waals surface area contributed by atoms with Crippen LogP contribution in [0.5, 0.6) is 0 Å². The highest BCUT2D eigenvalue weighted by Gasteiger charge is 2.16. The van der Waals surface area contributed by atoms with Gasteiger partial charge < -0.3 is 16.8 Å². The van der Waals surface area contributed by atoms with Crippen LogP contribution in [0.2, 0.25) is 0 Å². The first kappa shape index (κ1) is 14.3. The van der Waals surface area contributed by atoms with E-state index in [-0.39, 0.29) is 5.92 Å². The number of rotatable bonds is 4. The minimum atomic E-state index is 0.263. The number of nitrogen functional groups attached to an aromatic ring is 2. The fraction of sp³-hybridized carbons (Fsp3) is 0.333. The summed E-state index contributed by atoms with van der Waals surface area (Å²) in [4.78, 5) is 16.9. The molecule has 0 aliphatic rings. The molecule has 5 N–H and O–H groups in total. The van der Waals surface area contributed by atoms with E-state index in [4.69, 9.17) is 11.5 Å². The summed E-state index contributed by atoms with van der Waals surface area (Å²) in [6.07, 6.45) is 1.51. The zero-order chi connectivity index (χ0) is 14.7. The molecule has 0 aromatic carbocycles. The number of nitrogens with one attached hydrogen (secondary N) is 1. The van der Waals surface area contributed by atoms with E-state index in [0.29, 0.717) is 16.8 Å². The summed E-state index contributed by atoms with van der Waals surface area (Å²) in [7, 11) is 1.83. The van der Waals surface area contributed by atoms with E-state index in [0.717, 1.165) is 16.4 Å². The second kappa shape index (κ2) is 5.91. The Labute approximate surface area is 121 Å². The highest BCUT2D eigenvalue weighted by Crippen LogP contribution is 2.34. The van der Waals surface area contributed by atoms with E-state index in [1.807, 2.05) is 7.05 Å². The summed E-state index contributed by atoms with van der Waals surface area (Å²) >= 11 is 1.33. The first-order valence-corrected chi connectivity index (χ1v) is 6.93. The average Bonchev–Trinajstić information content (AvgIpc) is 2.36. The second-order valence-electron chi connectivity index (χ2n) is 4.45. The molecule has 2 aromatic heterocycles. The van der Waals surface area contributed by atoms with Crippen LogP contribution in [0.15, 0.2) is 22.6 Å². The van der Waals surface area contributed by atoms with E-state index >= 15 is 0 Å². The highest BCUT2D eigenvalue weighted by molar-refractivity contribution is 7.99. The maximum atomic E-state index is 5.68. The van der Waals surface area contributed by atoms with Crippen molar-refractivity contribution in [2.24, 2.45) is 0 Å². The molecular formula is C12H17N7S. The molecular weight excluding hydrogens is 274 g/mol. The molecule has 0 saturated carbocycles. The molecule has 8 heteroatoms. The van der Waals surface area contributed by atoms with Crippen LogP contribution in [0, 0.1) is 0 Å². The number of hydrogen-bond donors (Lipinski definition) is 3. The van der Waals surface area contributed by atoms with Gasteiger partial charge in [0, 0.05) is 18.7 Å². The summed E-state index contributed by atoms with van der Waals surface area (Å²) in [5.41, 5.74) is 12.4. The molecule has 0 unspecified atom stereocenters. The van der Waals surface area contributed by atoms with Crippen molar-refractivity contribution in [2.75, 3.05) is 23.8 Å². The van der Waals surface area contributed by atoms with Gasteiger partial charge in [0.05, 0.1) is 0 Å². The largest absolute Gasteiger partial charge is 0.383 e. The van der Waals surface area contributed by atoms with Crippen molar-refractivity contribution in [1.82, 2.24) is 19.9 Å². The van der Waals surface area contributed by atoms with Crippen molar-refractivity contribution in [2.45, 2.75) is 29.9 Å². The number of anilines is 3. The van der Waals surface area contributed by atoms with Crippen LogP contribution >= 0.6 is 11.8 Å². The minimum Gasteiger partial charge on any atom is -0.383 e. The monoisotopic (exact) mass is 291 g/mol. The molecule has 7 nitrogen and oxygen atoms in total. The Hall–Kier alpha value is -2.09. The highest BCUT2D eigenvalue weighted by atomic mass is 32.2. The summed E-state index contributed by atoms with van der Waals surface area (Å²) < 4.78 is 0. The molecule has 2 rings (SSSR count). The van der Waals surface area contributed by atoms with Crippen molar-refractivity contribution in [3.05, 3.63) is 18.0 Å². The fourth-order valence-electron chi connectivity index (χ4n) is 1.77. The first-order valence-electron chi connectivity index (χ1n) is 6.11. The number of nitrogens with zero attached hydrogens (tertiary/aromatic N) is 4. The van der Waals surface area contributed by atoms with Crippen LogP contribution < -0.4 is 16.8 Å². The van der Waals surface area contributed by atoms with Gasteiger partial charge in [-0.05, 0) is 17.7 Å². The lowest BCUT2D eigenvalue weighted by Gasteiger charge is -2.14. The lowest BCUT2D eigenvalue weighted by molar-refractivity contribution is 0.804. The Bertz CT molecular complexity index is 594. The molecule has 0 aliphatic carbocycles. The topological polar surface area (TPSA) is 116 Å². The maximum Gasteiger partial charge on any atom is 0.197 e. The Morgan fingerprint density at radius 2 is 1.80 bits per heavy atom. The summed E-state index contributed by atoms with van der Waals surface area (Å²) in [5.74, 6) is 1.75. The molecule has 0 amide bonds. The molecule has 20 heavy (non-hydrogen) atoms. The van der Waals surface area contributed by atoms with E-state index in [1.54, 1.807) is 0 Å². The van der Waals surface area contributed by atoms with Gasteiger partial charge in [0.25, 0.3) is 0 Å². The third kappa shape index (κ3) is 3.08. The van der Waals surface area contributed by atoms with E-state index < -0.39 is 0 Å². The van der Waals surface area contributed by atoms with Crippen LogP contribution in [-0.2, 0) is 0 Å². The summed E-state index contributed by atoms with van der Waals surface area (Å²) in [5, 5.41) is 4.34. The zero-order valence-electron chi connectivity index (χ0n) is 11.6. The Morgan fingerprint density at radius 3 is 2.35 bits per heavy atom. The number of nitrogens with two attached hydrogens (primary N) is 2. The van der Waals surface area contributed by atoms with Gasteiger partial charge in [0.2, 0.25) is 0 Å². The lowest BCUT2D eigenvalue weighted by Crippen LogP contribution is -2.05. The molecule has 2 heterocycles. The summed E-state index contributed by atoms with van der Waals surface area (Å²) in [6, 6.07) is 1.52. The third-order valence-electron chi connectivity index (χ3n) is 2.59. The molecule has 0 radical (unpaired) electrons. The standard InChI is InChI=1S/C12H17N7S/c1-6(2)9-10(15-3)16-5-17-11(9)20-12-18-7(13)4-8(14)19-12/h4-6H,1-3H3,(H,15,16,17)(H4,13,14,18,19). The Balaban J connectivity index is 2.42. The van der Waals surface area contributed by atoms with Gasteiger partial charge in [-0.25, -0.2) is 19.9 Å². The molecule has 0 atom stereocenters. The molecule has 0 saturated heterocycles.